The molecule has 5 heteroatoms. The van der Waals surface area contributed by atoms with Crippen LogP contribution in [0, 0.1) is 11.2 Å². The Kier molecular flexibility index (Phi) is 4.10. The Morgan fingerprint density at radius 1 is 1.56 bits per heavy atom. The van der Waals surface area contributed by atoms with Crippen LogP contribution in [0.1, 0.15) is 13.8 Å². The first-order chi connectivity index (χ1) is 7.35. The van der Waals surface area contributed by atoms with E-state index < -0.39 is 5.82 Å². The zero-order valence-electron chi connectivity index (χ0n) is 9.80. The number of nitrogens with zero attached hydrogens (tertiary/aromatic N) is 2. The van der Waals surface area contributed by atoms with Gasteiger partial charge in [0, 0.05) is 19.8 Å². The Hall–Kier alpha value is -0.870. The fraction of sp³-hybridized carbons (Fsp3) is 0.545. The van der Waals surface area contributed by atoms with Crippen LogP contribution in [-0.2, 0) is 0 Å². The summed E-state index contributed by atoms with van der Waals surface area (Å²) >= 11 is 5.64. The molecule has 90 valence electrons. The van der Waals surface area contributed by atoms with Gasteiger partial charge in [-0.25, -0.2) is 9.37 Å². The average molecular weight is 246 g/mol. The van der Waals surface area contributed by atoms with E-state index in [1.165, 1.54) is 12.3 Å². The van der Waals surface area contributed by atoms with Crippen LogP contribution in [0.25, 0.3) is 0 Å². The molecule has 16 heavy (non-hydrogen) atoms. The van der Waals surface area contributed by atoms with Gasteiger partial charge in [-0.05, 0) is 18.0 Å². The highest BCUT2D eigenvalue weighted by Gasteiger charge is 2.20. The van der Waals surface area contributed by atoms with E-state index >= 15 is 0 Å². The van der Waals surface area contributed by atoms with Gasteiger partial charge in [0.15, 0.2) is 11.6 Å². The van der Waals surface area contributed by atoms with Gasteiger partial charge in [0.25, 0.3) is 0 Å². The summed E-state index contributed by atoms with van der Waals surface area (Å²) in [6, 6.07) is 1.26. The van der Waals surface area contributed by atoms with E-state index in [0.29, 0.717) is 23.9 Å². The highest BCUT2D eigenvalue weighted by atomic mass is 35.5. The number of pyridine rings is 1. The van der Waals surface area contributed by atoms with Gasteiger partial charge in [0.1, 0.15) is 0 Å². The third kappa shape index (κ3) is 3.32. The van der Waals surface area contributed by atoms with Crippen LogP contribution in [0.2, 0.25) is 5.02 Å². The van der Waals surface area contributed by atoms with E-state index in [-0.39, 0.29) is 5.41 Å². The minimum Gasteiger partial charge on any atom is -0.357 e. The molecule has 0 bridgehead atoms. The van der Waals surface area contributed by atoms with Gasteiger partial charge in [-0.15, -0.1) is 0 Å². The number of nitrogens with two attached hydrogens (primary N) is 1. The lowest BCUT2D eigenvalue weighted by Gasteiger charge is -2.29. The largest absolute Gasteiger partial charge is 0.357 e. The molecule has 0 aliphatic heterocycles. The number of aromatic nitrogens is 1. The summed E-state index contributed by atoms with van der Waals surface area (Å²) in [5.74, 6) is -0.117. The van der Waals surface area contributed by atoms with Crippen molar-refractivity contribution < 1.29 is 4.39 Å². The van der Waals surface area contributed by atoms with Crippen LogP contribution in [-0.4, -0.2) is 25.1 Å². The second-order valence-corrected chi connectivity index (χ2v) is 5.12. The van der Waals surface area contributed by atoms with Crippen molar-refractivity contribution >= 4 is 17.4 Å². The third-order valence-electron chi connectivity index (χ3n) is 2.37. The molecule has 0 atom stereocenters. The van der Waals surface area contributed by atoms with Crippen LogP contribution in [0.3, 0.4) is 0 Å². The topological polar surface area (TPSA) is 42.1 Å². The quantitative estimate of drug-likeness (QED) is 0.885. The first-order valence-corrected chi connectivity index (χ1v) is 5.46. The van der Waals surface area contributed by atoms with Gasteiger partial charge in [-0.3, -0.25) is 0 Å². The summed E-state index contributed by atoms with van der Waals surface area (Å²) in [6.07, 6.45) is 1.44. The van der Waals surface area contributed by atoms with E-state index in [1.54, 1.807) is 11.9 Å². The van der Waals surface area contributed by atoms with Crippen molar-refractivity contribution in [2.75, 3.05) is 25.0 Å². The maximum atomic E-state index is 13.6. The molecule has 0 fully saturated rings. The number of anilines is 1. The molecule has 1 aromatic rings. The smallest absolute Gasteiger partial charge is 0.167 e. The van der Waals surface area contributed by atoms with Gasteiger partial charge in [-0.1, -0.05) is 25.4 Å². The Labute approximate surface area is 100 Å². The van der Waals surface area contributed by atoms with Crippen molar-refractivity contribution in [3.05, 3.63) is 23.1 Å². The van der Waals surface area contributed by atoms with Crippen molar-refractivity contribution in [3.63, 3.8) is 0 Å². The van der Waals surface area contributed by atoms with Crippen LogP contribution >= 0.6 is 11.6 Å². The summed E-state index contributed by atoms with van der Waals surface area (Å²) in [7, 11) is 1.79. The fourth-order valence-corrected chi connectivity index (χ4v) is 1.61. The summed E-state index contributed by atoms with van der Waals surface area (Å²) in [5, 5.41) is 0.299. The Balaban J connectivity index is 2.84. The van der Waals surface area contributed by atoms with Crippen LogP contribution in [0.15, 0.2) is 12.3 Å². The molecule has 0 saturated heterocycles. The molecule has 0 radical (unpaired) electrons. The maximum absolute atomic E-state index is 13.6. The van der Waals surface area contributed by atoms with E-state index in [4.69, 9.17) is 17.3 Å². The molecule has 1 aromatic heterocycles. The number of hydrogen-bond acceptors (Lipinski definition) is 3. The molecule has 0 aliphatic carbocycles. The maximum Gasteiger partial charge on any atom is 0.167 e. The second kappa shape index (κ2) is 4.97. The van der Waals surface area contributed by atoms with Crippen LogP contribution in [0.4, 0.5) is 10.2 Å². The molecule has 2 N–H and O–H groups in total. The van der Waals surface area contributed by atoms with Crippen LogP contribution < -0.4 is 10.6 Å². The van der Waals surface area contributed by atoms with Crippen molar-refractivity contribution in [2.24, 2.45) is 11.1 Å². The van der Waals surface area contributed by atoms with E-state index in [0.717, 1.165) is 0 Å². The van der Waals surface area contributed by atoms with Crippen molar-refractivity contribution in [1.82, 2.24) is 4.98 Å². The van der Waals surface area contributed by atoms with Gasteiger partial charge in [0.05, 0.1) is 5.02 Å². The Bertz CT molecular complexity index is 368. The summed E-state index contributed by atoms with van der Waals surface area (Å²) < 4.78 is 13.6. The van der Waals surface area contributed by atoms with Gasteiger partial charge in [-0.2, -0.15) is 0 Å². The SMILES string of the molecule is CN(CC(C)(C)CN)c1ncc(Cl)cc1F. The molecule has 0 spiro atoms. The zero-order chi connectivity index (χ0) is 12.3. The molecule has 0 unspecified atom stereocenters. The minimum absolute atomic E-state index is 0.0808. The molecule has 0 saturated carbocycles. The molecule has 1 heterocycles. The summed E-state index contributed by atoms with van der Waals surface area (Å²) in [4.78, 5) is 5.72. The van der Waals surface area contributed by atoms with Crippen molar-refractivity contribution in [1.29, 1.82) is 0 Å². The van der Waals surface area contributed by atoms with Gasteiger partial charge >= 0.3 is 0 Å². The molecule has 3 nitrogen and oxygen atoms in total. The van der Waals surface area contributed by atoms with Crippen molar-refractivity contribution in [3.8, 4) is 0 Å². The van der Waals surface area contributed by atoms with Gasteiger partial charge in [0.2, 0.25) is 0 Å². The van der Waals surface area contributed by atoms with E-state index in [2.05, 4.69) is 4.98 Å². The number of hydrogen-bond donors (Lipinski definition) is 1. The molecule has 1 rings (SSSR count). The molecular formula is C11H17ClFN3. The second-order valence-electron chi connectivity index (χ2n) is 4.68. The monoisotopic (exact) mass is 245 g/mol. The highest BCUT2D eigenvalue weighted by molar-refractivity contribution is 6.30. The van der Waals surface area contributed by atoms with E-state index in [1.807, 2.05) is 13.8 Å². The zero-order valence-corrected chi connectivity index (χ0v) is 10.6. The number of rotatable bonds is 4. The Morgan fingerprint density at radius 3 is 2.69 bits per heavy atom. The lowest BCUT2D eigenvalue weighted by Crippen LogP contribution is -2.37. The van der Waals surface area contributed by atoms with Crippen LogP contribution in [0.5, 0.6) is 0 Å². The fourth-order valence-electron chi connectivity index (χ4n) is 1.47. The van der Waals surface area contributed by atoms with E-state index in [9.17, 15) is 4.39 Å². The first-order valence-electron chi connectivity index (χ1n) is 5.08. The predicted molar refractivity (Wildman–Crippen MR) is 65.3 cm³/mol. The molecule has 0 aliphatic rings. The molecular weight excluding hydrogens is 229 g/mol. The molecule has 0 amide bonds. The standard InChI is InChI=1S/C11H17ClFN3/c1-11(2,6-14)7-16(3)10-9(13)4-8(12)5-15-10/h4-5H,6-7,14H2,1-3H3. The predicted octanol–water partition coefficient (Wildman–Crippen LogP) is 2.30. The Morgan fingerprint density at radius 2 is 2.19 bits per heavy atom. The molecule has 0 aromatic carbocycles. The summed E-state index contributed by atoms with van der Waals surface area (Å²) in [6.45, 7) is 5.22. The lowest BCUT2D eigenvalue weighted by molar-refractivity contribution is 0.382. The first kappa shape index (κ1) is 13.2. The normalized spacial score (nSPS) is 11.6. The van der Waals surface area contributed by atoms with Gasteiger partial charge < -0.3 is 10.6 Å². The minimum atomic E-state index is -0.414. The number of halogens is 2. The lowest BCUT2D eigenvalue weighted by atomic mass is 9.93. The highest BCUT2D eigenvalue weighted by Crippen LogP contribution is 2.22. The van der Waals surface area contributed by atoms with Crippen molar-refractivity contribution in [2.45, 2.75) is 13.8 Å². The summed E-state index contributed by atoms with van der Waals surface area (Å²) in [5.41, 5.74) is 5.55. The third-order valence-corrected chi connectivity index (χ3v) is 2.57. The average Bonchev–Trinajstić information content (AvgIpc) is 2.16.